The molecule has 274 valence electrons. The molecule has 2 aliphatic heterocycles. The van der Waals surface area contributed by atoms with Crippen LogP contribution in [0.5, 0.6) is 0 Å². The first-order valence-corrected chi connectivity index (χ1v) is 20.5. The molecule has 59 heavy (non-hydrogen) atoms. The van der Waals surface area contributed by atoms with Crippen molar-refractivity contribution in [2.24, 2.45) is 0 Å². The van der Waals surface area contributed by atoms with E-state index in [2.05, 4.69) is 204 Å². The molecule has 0 fully saturated rings. The van der Waals surface area contributed by atoms with E-state index < -0.39 is 0 Å². The molecular formula is C55H36BN3. The highest BCUT2D eigenvalue weighted by atomic mass is 15.2. The number of benzene rings is 10. The summed E-state index contributed by atoms with van der Waals surface area (Å²) in [6, 6.07) is 69.4. The molecule has 11 aromatic rings. The lowest BCUT2D eigenvalue weighted by molar-refractivity contribution is 1.24. The van der Waals surface area contributed by atoms with Crippen molar-refractivity contribution < 1.29 is 0 Å². The van der Waals surface area contributed by atoms with Gasteiger partial charge in [0, 0.05) is 50.1 Å². The van der Waals surface area contributed by atoms with Gasteiger partial charge in [-0.25, -0.2) is 0 Å². The zero-order valence-corrected chi connectivity index (χ0v) is 32.4. The van der Waals surface area contributed by atoms with Gasteiger partial charge in [0.1, 0.15) is 0 Å². The van der Waals surface area contributed by atoms with Crippen molar-refractivity contribution in [1.29, 1.82) is 0 Å². The molecule has 2 aliphatic rings. The third-order valence-corrected chi connectivity index (χ3v) is 13.1. The van der Waals surface area contributed by atoms with Crippen molar-refractivity contribution in [3.63, 3.8) is 0 Å². The summed E-state index contributed by atoms with van der Waals surface area (Å²) in [5.74, 6) is 0. The standard InChI is InChI=1S/C55H36BN3/c1-33-46-28-37-19-9-8-18-36(37)24-41(46)30-49-54(33)58(43-26-39(34-14-4-2-5-15-34)25-40(27-43)35-16-6-3-7-17-35)51-32-42(57)31-47-48-29-38-20-10-11-21-44(38)52-45-22-12-13-23-50(45)59(55(48)52)56(49)53(47)51/h2-32H,57H2,1H3. The first-order valence-electron chi connectivity index (χ1n) is 20.5. The first-order chi connectivity index (χ1) is 29.1. The molecular weight excluding hydrogens is 713 g/mol. The quantitative estimate of drug-likeness (QED) is 0.111. The molecule has 0 saturated carbocycles. The predicted molar refractivity (Wildman–Crippen MR) is 253 cm³/mol. The molecule has 0 unspecified atom stereocenters. The van der Waals surface area contributed by atoms with Crippen molar-refractivity contribution in [2.75, 3.05) is 10.6 Å². The first kappa shape index (κ1) is 32.5. The molecule has 0 amide bonds. The van der Waals surface area contributed by atoms with E-state index in [0.29, 0.717) is 0 Å². The van der Waals surface area contributed by atoms with Gasteiger partial charge in [0.2, 0.25) is 0 Å². The molecule has 13 rings (SSSR count). The Hall–Kier alpha value is -7.56. The summed E-state index contributed by atoms with van der Waals surface area (Å²) in [6.07, 6.45) is 0. The monoisotopic (exact) mass is 749 g/mol. The molecule has 4 heteroatoms. The average Bonchev–Trinajstić information content (AvgIpc) is 3.63. The highest BCUT2D eigenvalue weighted by molar-refractivity contribution is 6.90. The normalized spacial score (nSPS) is 12.8. The SMILES string of the molecule is Cc1c2c(cc3cc4ccccc4cc13)B1c3c(cc(N)cc3N2c2cc(-c3ccccc3)cc(-c3ccccc3)c2)-c2cc3ccccc3c3c4ccccc4n1c23. The molecule has 0 aliphatic carbocycles. The summed E-state index contributed by atoms with van der Waals surface area (Å²) in [4.78, 5) is 2.54. The van der Waals surface area contributed by atoms with Crippen molar-refractivity contribution in [2.45, 2.75) is 6.92 Å². The number of para-hydroxylation sites is 1. The zero-order valence-electron chi connectivity index (χ0n) is 32.4. The van der Waals surface area contributed by atoms with Crippen molar-refractivity contribution in [3.05, 3.63) is 194 Å². The minimum atomic E-state index is -0.0941. The number of hydrogen-bond donors (Lipinski definition) is 1. The topological polar surface area (TPSA) is 34.2 Å². The molecule has 1 aromatic heterocycles. The fourth-order valence-electron chi connectivity index (χ4n) is 10.6. The number of nitrogens with zero attached hydrogens (tertiary/aromatic N) is 2. The average molecular weight is 750 g/mol. The zero-order chi connectivity index (χ0) is 38.9. The summed E-state index contributed by atoms with van der Waals surface area (Å²) < 4.78 is 2.66. The smallest absolute Gasteiger partial charge is 0.333 e. The van der Waals surface area contributed by atoms with Crippen LogP contribution in [0.1, 0.15) is 5.56 Å². The Balaban J connectivity index is 1.21. The number of aryl methyl sites for hydroxylation is 1. The Bertz CT molecular complexity index is 3530. The molecule has 3 nitrogen and oxygen atoms in total. The Morgan fingerprint density at radius 3 is 1.83 bits per heavy atom. The maximum Gasteiger partial charge on any atom is 0.333 e. The van der Waals surface area contributed by atoms with Crippen LogP contribution in [0.4, 0.5) is 22.7 Å². The van der Waals surface area contributed by atoms with Gasteiger partial charge in [0.15, 0.2) is 0 Å². The van der Waals surface area contributed by atoms with Crippen LogP contribution >= 0.6 is 0 Å². The Labute approximate surface area is 342 Å². The minimum Gasteiger partial charge on any atom is -0.399 e. The maximum absolute atomic E-state index is 7.12. The number of nitrogen functional groups attached to an aromatic ring is 1. The van der Waals surface area contributed by atoms with Crippen LogP contribution in [0, 0.1) is 6.92 Å². The highest BCUT2D eigenvalue weighted by Crippen LogP contribution is 2.50. The van der Waals surface area contributed by atoms with E-state index in [1.54, 1.807) is 0 Å². The van der Waals surface area contributed by atoms with E-state index in [0.717, 1.165) is 17.1 Å². The van der Waals surface area contributed by atoms with Crippen LogP contribution in [0.25, 0.3) is 87.5 Å². The van der Waals surface area contributed by atoms with Crippen molar-refractivity contribution in [1.82, 2.24) is 4.48 Å². The number of nitrogens with two attached hydrogens (primary N) is 1. The largest absolute Gasteiger partial charge is 0.399 e. The third kappa shape index (κ3) is 4.54. The van der Waals surface area contributed by atoms with Gasteiger partial charge in [-0.3, -0.25) is 0 Å². The van der Waals surface area contributed by atoms with Gasteiger partial charge in [-0.2, -0.15) is 0 Å². The van der Waals surface area contributed by atoms with Gasteiger partial charge in [-0.05, 0) is 138 Å². The number of aromatic nitrogens is 1. The summed E-state index contributed by atoms with van der Waals surface area (Å²) in [7, 11) is 0. The number of hydrogen-bond acceptors (Lipinski definition) is 2. The predicted octanol–water partition coefficient (Wildman–Crippen LogP) is 12.9. The fourth-order valence-corrected chi connectivity index (χ4v) is 10.6. The highest BCUT2D eigenvalue weighted by Gasteiger charge is 2.44. The minimum absolute atomic E-state index is 0.0941. The fraction of sp³-hybridized carbons (Fsp3) is 0.0182. The Morgan fingerprint density at radius 2 is 1.10 bits per heavy atom. The van der Waals surface area contributed by atoms with E-state index in [-0.39, 0.29) is 6.85 Å². The Morgan fingerprint density at radius 1 is 0.475 bits per heavy atom. The molecule has 0 bridgehead atoms. The van der Waals surface area contributed by atoms with E-state index >= 15 is 0 Å². The number of rotatable bonds is 3. The molecule has 3 heterocycles. The van der Waals surface area contributed by atoms with Crippen LogP contribution in [0.2, 0.25) is 0 Å². The lowest BCUT2D eigenvalue weighted by Crippen LogP contribution is -2.57. The summed E-state index contributed by atoms with van der Waals surface area (Å²) in [5, 5.41) is 10.1. The molecule has 10 aromatic carbocycles. The summed E-state index contributed by atoms with van der Waals surface area (Å²) in [6.45, 7) is 2.23. The molecule has 0 atom stereocenters. The van der Waals surface area contributed by atoms with E-state index in [1.807, 2.05) is 0 Å². The van der Waals surface area contributed by atoms with E-state index in [9.17, 15) is 0 Å². The second-order valence-electron chi connectivity index (χ2n) is 16.4. The lowest BCUT2D eigenvalue weighted by Gasteiger charge is -2.42. The molecule has 0 spiro atoms. The van der Waals surface area contributed by atoms with Gasteiger partial charge in [-0.15, -0.1) is 0 Å². The number of anilines is 4. The lowest BCUT2D eigenvalue weighted by atomic mass is 9.44. The third-order valence-electron chi connectivity index (χ3n) is 13.1. The van der Waals surface area contributed by atoms with Crippen LogP contribution < -0.4 is 21.6 Å². The van der Waals surface area contributed by atoms with Crippen LogP contribution in [-0.2, 0) is 0 Å². The van der Waals surface area contributed by atoms with Gasteiger partial charge >= 0.3 is 6.85 Å². The van der Waals surface area contributed by atoms with Gasteiger partial charge in [0.05, 0.1) is 0 Å². The Kier molecular flexibility index (Phi) is 6.61. The van der Waals surface area contributed by atoms with Crippen LogP contribution in [0.15, 0.2) is 188 Å². The van der Waals surface area contributed by atoms with Gasteiger partial charge < -0.3 is 15.1 Å². The molecule has 0 radical (unpaired) electrons. The van der Waals surface area contributed by atoms with Gasteiger partial charge in [-0.1, -0.05) is 133 Å². The summed E-state index contributed by atoms with van der Waals surface area (Å²) in [5.41, 5.74) is 24.8. The molecule has 0 saturated heterocycles. The van der Waals surface area contributed by atoms with Crippen molar-refractivity contribution in [3.8, 4) is 33.4 Å². The van der Waals surface area contributed by atoms with Crippen LogP contribution in [0.3, 0.4) is 0 Å². The second kappa shape index (κ2) is 12.0. The second-order valence-corrected chi connectivity index (χ2v) is 16.4. The van der Waals surface area contributed by atoms with Gasteiger partial charge in [0.25, 0.3) is 0 Å². The van der Waals surface area contributed by atoms with Crippen molar-refractivity contribution >= 4 is 94.6 Å². The van der Waals surface area contributed by atoms with E-state index in [4.69, 9.17) is 5.73 Å². The molecule has 2 N–H and O–H groups in total. The summed E-state index contributed by atoms with van der Waals surface area (Å²) >= 11 is 0. The number of fused-ring (bicyclic) bond motifs is 11. The van der Waals surface area contributed by atoms with E-state index in [1.165, 1.54) is 110 Å². The maximum atomic E-state index is 7.12. The van der Waals surface area contributed by atoms with Crippen LogP contribution in [-0.4, -0.2) is 11.3 Å².